The van der Waals surface area contributed by atoms with Crippen LogP contribution in [0, 0.1) is 0 Å². The maximum absolute atomic E-state index is 5.37. The molecule has 0 N–H and O–H groups in total. The van der Waals surface area contributed by atoms with E-state index in [0.717, 1.165) is 36.3 Å². The number of benzene rings is 1. The highest BCUT2D eigenvalue weighted by molar-refractivity contribution is 9.10. The highest BCUT2D eigenvalue weighted by atomic mass is 79.9. The lowest BCUT2D eigenvalue weighted by Crippen LogP contribution is -2.36. The lowest BCUT2D eigenvalue weighted by atomic mass is 10.1. The lowest BCUT2D eigenvalue weighted by molar-refractivity contribution is 0.122. The van der Waals surface area contributed by atoms with Gasteiger partial charge in [0.25, 0.3) is 0 Å². The third kappa shape index (κ3) is 2.96. The third-order valence-corrected chi connectivity index (χ3v) is 3.72. The number of anilines is 1. The van der Waals surface area contributed by atoms with Crippen molar-refractivity contribution in [2.75, 3.05) is 31.2 Å². The van der Waals surface area contributed by atoms with Crippen LogP contribution in [0.15, 0.2) is 47.2 Å². The monoisotopic (exact) mass is 318 g/mol. The quantitative estimate of drug-likeness (QED) is 0.849. The first kappa shape index (κ1) is 12.6. The fraction of sp³-hybridized carbons (Fsp3) is 0.267. The number of aromatic nitrogens is 1. The minimum absolute atomic E-state index is 0.817. The van der Waals surface area contributed by atoms with Gasteiger partial charge in [-0.05, 0) is 39.7 Å². The van der Waals surface area contributed by atoms with Crippen LogP contribution in [0.5, 0.6) is 0 Å². The van der Waals surface area contributed by atoms with E-state index in [0.29, 0.717) is 0 Å². The van der Waals surface area contributed by atoms with Gasteiger partial charge in [0.15, 0.2) is 0 Å². The van der Waals surface area contributed by atoms with Gasteiger partial charge in [-0.1, -0.05) is 12.1 Å². The normalized spacial score (nSPS) is 15.5. The zero-order chi connectivity index (χ0) is 13.1. The molecule has 3 nitrogen and oxygen atoms in total. The molecular weight excluding hydrogens is 304 g/mol. The predicted octanol–water partition coefficient (Wildman–Crippen LogP) is 3.35. The first-order valence-corrected chi connectivity index (χ1v) is 7.16. The molecule has 3 rings (SSSR count). The van der Waals surface area contributed by atoms with Crippen LogP contribution in [0.4, 0.5) is 5.69 Å². The average molecular weight is 319 g/mol. The van der Waals surface area contributed by atoms with Crippen molar-refractivity contribution in [2.24, 2.45) is 0 Å². The molecule has 2 heterocycles. The molecule has 0 unspecified atom stereocenters. The molecule has 1 aromatic heterocycles. The molecule has 98 valence electrons. The molecule has 1 aliphatic rings. The van der Waals surface area contributed by atoms with E-state index in [4.69, 9.17) is 4.74 Å². The number of pyridine rings is 1. The second-order valence-electron chi connectivity index (χ2n) is 4.54. The standard InChI is InChI=1S/C15H15BrN2O/c16-14-9-13(10-17-11-14)12-1-3-15(4-2-12)18-5-7-19-8-6-18/h1-4,9-11H,5-8H2. The fourth-order valence-corrected chi connectivity index (χ4v) is 2.62. The Morgan fingerprint density at radius 3 is 2.42 bits per heavy atom. The summed E-state index contributed by atoms with van der Waals surface area (Å²) < 4.78 is 6.37. The minimum atomic E-state index is 0.817. The number of morpholine rings is 1. The summed E-state index contributed by atoms with van der Waals surface area (Å²) in [5.41, 5.74) is 3.57. The van der Waals surface area contributed by atoms with Crippen molar-refractivity contribution in [1.29, 1.82) is 0 Å². The van der Waals surface area contributed by atoms with E-state index in [9.17, 15) is 0 Å². The van der Waals surface area contributed by atoms with Crippen LogP contribution in [0.1, 0.15) is 0 Å². The summed E-state index contributed by atoms with van der Waals surface area (Å²) in [7, 11) is 0. The van der Waals surface area contributed by atoms with Gasteiger partial charge in [-0.3, -0.25) is 4.98 Å². The number of rotatable bonds is 2. The molecule has 4 heteroatoms. The molecule has 0 amide bonds. The summed E-state index contributed by atoms with van der Waals surface area (Å²) in [6.07, 6.45) is 3.68. The van der Waals surface area contributed by atoms with Gasteiger partial charge >= 0.3 is 0 Å². The second kappa shape index (κ2) is 5.72. The summed E-state index contributed by atoms with van der Waals surface area (Å²) in [5, 5.41) is 0. The molecule has 0 saturated carbocycles. The zero-order valence-corrected chi connectivity index (χ0v) is 12.1. The lowest BCUT2D eigenvalue weighted by Gasteiger charge is -2.28. The molecule has 0 aliphatic carbocycles. The average Bonchev–Trinajstić information content (AvgIpc) is 2.48. The summed E-state index contributed by atoms with van der Waals surface area (Å²) in [6, 6.07) is 10.7. The van der Waals surface area contributed by atoms with Crippen molar-refractivity contribution in [3.8, 4) is 11.1 Å². The Balaban J connectivity index is 1.82. The molecule has 19 heavy (non-hydrogen) atoms. The van der Waals surface area contributed by atoms with E-state index < -0.39 is 0 Å². The number of nitrogens with zero attached hydrogens (tertiary/aromatic N) is 2. The van der Waals surface area contributed by atoms with Crippen LogP contribution in [0.2, 0.25) is 0 Å². The molecule has 2 aromatic rings. The number of ether oxygens (including phenoxy) is 1. The van der Waals surface area contributed by atoms with E-state index in [2.05, 4.69) is 56.1 Å². The Morgan fingerprint density at radius 1 is 1.00 bits per heavy atom. The Hall–Kier alpha value is -1.39. The Bertz CT molecular complexity index is 550. The van der Waals surface area contributed by atoms with Crippen molar-refractivity contribution >= 4 is 21.6 Å². The van der Waals surface area contributed by atoms with Gasteiger partial charge in [-0.25, -0.2) is 0 Å². The maximum Gasteiger partial charge on any atom is 0.0642 e. The van der Waals surface area contributed by atoms with Crippen LogP contribution in [0.25, 0.3) is 11.1 Å². The van der Waals surface area contributed by atoms with Gasteiger partial charge in [-0.15, -0.1) is 0 Å². The first-order chi connectivity index (χ1) is 9.33. The Kier molecular flexibility index (Phi) is 3.80. The van der Waals surface area contributed by atoms with Crippen LogP contribution in [0.3, 0.4) is 0 Å². The van der Waals surface area contributed by atoms with Crippen LogP contribution in [-0.4, -0.2) is 31.3 Å². The van der Waals surface area contributed by atoms with Crippen molar-refractivity contribution in [3.63, 3.8) is 0 Å². The highest BCUT2D eigenvalue weighted by Gasteiger charge is 2.10. The summed E-state index contributed by atoms with van der Waals surface area (Å²) in [5.74, 6) is 0. The van der Waals surface area contributed by atoms with Gasteiger partial charge in [-0.2, -0.15) is 0 Å². The van der Waals surface area contributed by atoms with Gasteiger partial charge in [0.05, 0.1) is 13.2 Å². The molecule has 0 spiro atoms. The largest absolute Gasteiger partial charge is 0.378 e. The van der Waals surface area contributed by atoms with Crippen molar-refractivity contribution in [3.05, 3.63) is 47.2 Å². The molecular formula is C15H15BrN2O. The van der Waals surface area contributed by atoms with Crippen molar-refractivity contribution in [1.82, 2.24) is 4.98 Å². The van der Waals surface area contributed by atoms with Crippen LogP contribution < -0.4 is 4.90 Å². The van der Waals surface area contributed by atoms with Gasteiger partial charge < -0.3 is 9.64 Å². The smallest absolute Gasteiger partial charge is 0.0642 e. The van der Waals surface area contributed by atoms with Gasteiger partial charge in [0.2, 0.25) is 0 Å². The van der Waals surface area contributed by atoms with Crippen LogP contribution >= 0.6 is 15.9 Å². The van der Waals surface area contributed by atoms with Crippen LogP contribution in [-0.2, 0) is 4.74 Å². The summed E-state index contributed by atoms with van der Waals surface area (Å²) in [4.78, 5) is 6.55. The van der Waals surface area contributed by atoms with Crippen molar-refractivity contribution in [2.45, 2.75) is 0 Å². The maximum atomic E-state index is 5.37. The van der Waals surface area contributed by atoms with E-state index in [1.165, 1.54) is 11.3 Å². The third-order valence-electron chi connectivity index (χ3n) is 3.28. The number of halogens is 1. The van der Waals surface area contributed by atoms with Gasteiger partial charge in [0.1, 0.15) is 0 Å². The highest BCUT2D eigenvalue weighted by Crippen LogP contribution is 2.25. The summed E-state index contributed by atoms with van der Waals surface area (Å²) >= 11 is 3.45. The first-order valence-electron chi connectivity index (χ1n) is 6.36. The fourth-order valence-electron chi connectivity index (χ4n) is 2.26. The zero-order valence-electron chi connectivity index (χ0n) is 10.6. The molecule has 0 atom stereocenters. The predicted molar refractivity (Wildman–Crippen MR) is 80.4 cm³/mol. The van der Waals surface area contributed by atoms with E-state index in [-0.39, 0.29) is 0 Å². The molecule has 1 aliphatic heterocycles. The Morgan fingerprint density at radius 2 is 1.74 bits per heavy atom. The number of hydrogen-bond donors (Lipinski definition) is 0. The molecule has 0 bridgehead atoms. The molecule has 1 saturated heterocycles. The second-order valence-corrected chi connectivity index (χ2v) is 5.45. The number of hydrogen-bond acceptors (Lipinski definition) is 3. The topological polar surface area (TPSA) is 25.4 Å². The van der Waals surface area contributed by atoms with E-state index >= 15 is 0 Å². The van der Waals surface area contributed by atoms with Gasteiger partial charge in [0, 0.05) is 41.2 Å². The molecule has 1 aromatic carbocycles. The van der Waals surface area contributed by atoms with E-state index in [1.54, 1.807) is 6.20 Å². The Labute approximate surface area is 121 Å². The SMILES string of the molecule is Brc1cncc(-c2ccc(N3CCOCC3)cc2)c1. The van der Waals surface area contributed by atoms with Crippen molar-refractivity contribution < 1.29 is 4.74 Å². The summed E-state index contributed by atoms with van der Waals surface area (Å²) in [6.45, 7) is 3.57. The molecule has 0 radical (unpaired) electrons. The molecule has 1 fully saturated rings. The van der Waals surface area contributed by atoms with E-state index in [1.807, 2.05) is 6.20 Å². The minimum Gasteiger partial charge on any atom is -0.378 e.